The van der Waals surface area contributed by atoms with Gasteiger partial charge in [0.1, 0.15) is 5.75 Å². The molecule has 0 unspecified atom stereocenters. The highest BCUT2D eigenvalue weighted by Crippen LogP contribution is 2.21. The number of benzene rings is 3. The molecule has 38 heavy (non-hydrogen) atoms. The fourth-order valence-electron chi connectivity index (χ4n) is 3.87. The van der Waals surface area contributed by atoms with Crippen LogP contribution in [0, 0.1) is 13.8 Å². The second kappa shape index (κ2) is 12.9. The lowest BCUT2D eigenvalue weighted by Gasteiger charge is -2.12. The van der Waals surface area contributed by atoms with Crippen molar-refractivity contribution in [2.24, 2.45) is 0 Å². The first-order chi connectivity index (χ1) is 18.4. The summed E-state index contributed by atoms with van der Waals surface area (Å²) in [5.41, 5.74) is 4.68. The van der Waals surface area contributed by atoms with Gasteiger partial charge in [0.2, 0.25) is 5.91 Å². The molecule has 0 aliphatic heterocycles. The van der Waals surface area contributed by atoms with Crippen LogP contribution in [0.25, 0.3) is 0 Å². The number of carbonyl (C=O) groups is 2. The minimum absolute atomic E-state index is 0.115. The molecule has 0 saturated heterocycles. The average Bonchev–Trinajstić information content (AvgIpc) is 3.34. The number of aromatic nitrogens is 3. The Hall–Kier alpha value is -4.11. The van der Waals surface area contributed by atoms with Crippen LogP contribution < -0.4 is 15.4 Å². The molecule has 0 radical (unpaired) electrons. The lowest BCUT2D eigenvalue weighted by atomic mass is 10.1. The van der Waals surface area contributed by atoms with Gasteiger partial charge in [-0.15, -0.1) is 10.2 Å². The molecule has 0 saturated carbocycles. The molecule has 8 nitrogen and oxygen atoms in total. The standard InChI is InChI=1S/C29H31N5O3S/c1-20-8-7-11-25(21(20)2)31-27(35)19-38-29-33-32-26(34(29)17-16-22-9-5-4-6-10-22)18-30-28(36)23-12-14-24(37-3)15-13-23/h4-15H,16-19H2,1-3H3,(H,30,36)(H,31,35). The van der Waals surface area contributed by atoms with Crippen molar-refractivity contribution < 1.29 is 14.3 Å². The van der Waals surface area contributed by atoms with E-state index in [0.29, 0.717) is 28.8 Å². The number of hydrogen-bond acceptors (Lipinski definition) is 6. The first-order valence-electron chi connectivity index (χ1n) is 12.3. The van der Waals surface area contributed by atoms with Crippen molar-refractivity contribution in [1.82, 2.24) is 20.1 Å². The van der Waals surface area contributed by atoms with Gasteiger partial charge in [-0.3, -0.25) is 9.59 Å². The molecule has 0 bridgehead atoms. The van der Waals surface area contributed by atoms with Crippen LogP contribution in [0.4, 0.5) is 5.69 Å². The fraction of sp³-hybridized carbons (Fsp3) is 0.241. The van der Waals surface area contributed by atoms with E-state index < -0.39 is 0 Å². The Morgan fingerprint density at radius 3 is 2.45 bits per heavy atom. The number of amides is 2. The number of methoxy groups -OCH3 is 1. The Bertz CT molecular complexity index is 1390. The van der Waals surface area contributed by atoms with Gasteiger partial charge in [-0.25, -0.2) is 0 Å². The van der Waals surface area contributed by atoms with Crippen LogP contribution in [0.15, 0.2) is 78.0 Å². The Balaban J connectivity index is 1.44. The molecule has 4 aromatic rings. The fourth-order valence-corrected chi connectivity index (χ4v) is 4.66. The quantitative estimate of drug-likeness (QED) is 0.271. The van der Waals surface area contributed by atoms with Crippen molar-refractivity contribution >= 4 is 29.3 Å². The zero-order chi connectivity index (χ0) is 26.9. The topological polar surface area (TPSA) is 98.1 Å². The molecule has 2 N–H and O–H groups in total. The number of anilines is 1. The zero-order valence-electron chi connectivity index (χ0n) is 21.7. The predicted octanol–water partition coefficient (Wildman–Crippen LogP) is 4.81. The van der Waals surface area contributed by atoms with Crippen LogP contribution in [0.3, 0.4) is 0 Å². The van der Waals surface area contributed by atoms with E-state index >= 15 is 0 Å². The molecule has 0 atom stereocenters. The largest absolute Gasteiger partial charge is 0.497 e. The molecule has 0 spiro atoms. The predicted molar refractivity (Wildman–Crippen MR) is 150 cm³/mol. The molecule has 0 aliphatic carbocycles. The highest BCUT2D eigenvalue weighted by molar-refractivity contribution is 7.99. The second-order valence-electron chi connectivity index (χ2n) is 8.78. The van der Waals surface area contributed by atoms with Gasteiger partial charge in [-0.2, -0.15) is 0 Å². The van der Waals surface area contributed by atoms with E-state index in [9.17, 15) is 9.59 Å². The Morgan fingerprint density at radius 1 is 0.947 bits per heavy atom. The van der Waals surface area contributed by atoms with Crippen molar-refractivity contribution in [3.05, 3.63) is 101 Å². The van der Waals surface area contributed by atoms with Crippen molar-refractivity contribution in [3.63, 3.8) is 0 Å². The van der Waals surface area contributed by atoms with Gasteiger partial charge < -0.3 is 19.9 Å². The van der Waals surface area contributed by atoms with E-state index in [-0.39, 0.29) is 24.1 Å². The molecule has 2 amide bonds. The molecular formula is C29H31N5O3S. The third-order valence-corrected chi connectivity index (χ3v) is 7.20. The SMILES string of the molecule is COc1ccc(C(=O)NCc2nnc(SCC(=O)Nc3cccc(C)c3C)n2CCc2ccccc2)cc1. The summed E-state index contributed by atoms with van der Waals surface area (Å²) in [6.45, 7) is 4.84. The van der Waals surface area contributed by atoms with E-state index in [4.69, 9.17) is 4.74 Å². The summed E-state index contributed by atoms with van der Waals surface area (Å²) in [6.07, 6.45) is 0.764. The number of hydrogen-bond donors (Lipinski definition) is 2. The van der Waals surface area contributed by atoms with Crippen molar-refractivity contribution in [3.8, 4) is 5.75 Å². The van der Waals surface area contributed by atoms with Gasteiger partial charge in [0, 0.05) is 17.8 Å². The molecule has 9 heteroatoms. The van der Waals surface area contributed by atoms with Crippen molar-refractivity contribution in [2.75, 3.05) is 18.2 Å². The van der Waals surface area contributed by atoms with Gasteiger partial charge in [0.25, 0.3) is 5.91 Å². The number of carbonyl (C=O) groups excluding carboxylic acids is 2. The summed E-state index contributed by atoms with van der Waals surface area (Å²) < 4.78 is 7.13. The number of thioether (sulfide) groups is 1. The van der Waals surface area contributed by atoms with E-state index in [1.165, 1.54) is 17.3 Å². The molecular weight excluding hydrogens is 498 g/mol. The minimum atomic E-state index is -0.215. The van der Waals surface area contributed by atoms with E-state index in [0.717, 1.165) is 23.2 Å². The maximum atomic E-state index is 12.7. The Kier molecular flexibility index (Phi) is 9.16. The van der Waals surface area contributed by atoms with Crippen LogP contribution in [0.2, 0.25) is 0 Å². The lowest BCUT2D eigenvalue weighted by molar-refractivity contribution is -0.113. The number of nitrogens with one attached hydrogen (secondary N) is 2. The number of rotatable bonds is 11. The molecule has 0 aliphatic rings. The van der Waals surface area contributed by atoms with Crippen molar-refractivity contribution in [2.45, 2.75) is 38.5 Å². The van der Waals surface area contributed by atoms with Gasteiger partial charge in [0.15, 0.2) is 11.0 Å². The highest BCUT2D eigenvalue weighted by Gasteiger charge is 2.16. The summed E-state index contributed by atoms with van der Waals surface area (Å²) in [5.74, 6) is 1.17. The summed E-state index contributed by atoms with van der Waals surface area (Å²) in [4.78, 5) is 25.4. The molecule has 0 fully saturated rings. The third-order valence-electron chi connectivity index (χ3n) is 6.23. The molecule has 196 valence electrons. The minimum Gasteiger partial charge on any atom is -0.497 e. The number of aryl methyl sites for hydroxylation is 2. The summed E-state index contributed by atoms with van der Waals surface area (Å²) >= 11 is 1.33. The van der Waals surface area contributed by atoms with Gasteiger partial charge >= 0.3 is 0 Å². The van der Waals surface area contributed by atoms with Crippen LogP contribution in [0.1, 0.15) is 32.9 Å². The van der Waals surface area contributed by atoms with Gasteiger partial charge in [-0.1, -0.05) is 54.2 Å². The van der Waals surface area contributed by atoms with E-state index in [1.807, 2.05) is 54.8 Å². The van der Waals surface area contributed by atoms with Crippen LogP contribution in [0.5, 0.6) is 5.75 Å². The van der Waals surface area contributed by atoms with Crippen LogP contribution in [-0.4, -0.2) is 39.4 Å². The maximum Gasteiger partial charge on any atom is 0.251 e. The molecule has 3 aromatic carbocycles. The molecule has 4 rings (SSSR count). The van der Waals surface area contributed by atoms with Crippen LogP contribution in [-0.2, 0) is 24.3 Å². The first kappa shape index (κ1) is 26.9. The van der Waals surface area contributed by atoms with E-state index in [2.05, 4.69) is 33.0 Å². The first-order valence-corrected chi connectivity index (χ1v) is 13.3. The lowest BCUT2D eigenvalue weighted by Crippen LogP contribution is -2.25. The third kappa shape index (κ3) is 7.01. The van der Waals surface area contributed by atoms with Gasteiger partial charge in [-0.05, 0) is 67.3 Å². The monoisotopic (exact) mass is 529 g/mol. The smallest absolute Gasteiger partial charge is 0.251 e. The number of ether oxygens (including phenoxy) is 1. The zero-order valence-corrected chi connectivity index (χ0v) is 22.5. The Labute approximate surface area is 226 Å². The normalized spacial score (nSPS) is 10.7. The highest BCUT2D eigenvalue weighted by atomic mass is 32.2. The molecule has 1 aromatic heterocycles. The second-order valence-corrected chi connectivity index (χ2v) is 9.72. The van der Waals surface area contributed by atoms with Gasteiger partial charge in [0.05, 0.1) is 19.4 Å². The average molecular weight is 530 g/mol. The van der Waals surface area contributed by atoms with Crippen LogP contribution >= 0.6 is 11.8 Å². The van der Waals surface area contributed by atoms with E-state index in [1.54, 1.807) is 31.4 Å². The summed E-state index contributed by atoms with van der Waals surface area (Å²) in [7, 11) is 1.58. The Morgan fingerprint density at radius 2 is 1.71 bits per heavy atom. The summed E-state index contributed by atoms with van der Waals surface area (Å²) in [5, 5.41) is 15.2. The number of nitrogens with zero attached hydrogens (tertiary/aromatic N) is 3. The maximum absolute atomic E-state index is 12.7. The molecule has 1 heterocycles. The summed E-state index contributed by atoms with van der Waals surface area (Å²) in [6, 6.07) is 22.9. The van der Waals surface area contributed by atoms with Crippen molar-refractivity contribution in [1.29, 1.82) is 0 Å².